The molecule has 190 valence electrons. The topological polar surface area (TPSA) is 45.6 Å². The molecule has 5 rings (SSSR count). The fourth-order valence-electron chi connectivity index (χ4n) is 5.71. The summed E-state index contributed by atoms with van der Waals surface area (Å²) >= 11 is 5.93. The van der Waals surface area contributed by atoms with Crippen LogP contribution in [-0.4, -0.2) is 63.9 Å². The molecule has 0 amide bonds. The molecule has 2 aliphatic heterocycles. The van der Waals surface area contributed by atoms with Crippen molar-refractivity contribution in [1.29, 1.82) is 0 Å². The van der Waals surface area contributed by atoms with Crippen molar-refractivity contribution < 1.29 is 4.74 Å². The van der Waals surface area contributed by atoms with Crippen LogP contribution < -0.4 is 5.32 Å². The van der Waals surface area contributed by atoms with Gasteiger partial charge in [-0.25, -0.2) is 0 Å². The second-order valence-electron chi connectivity index (χ2n) is 10.0. The van der Waals surface area contributed by atoms with Crippen LogP contribution in [-0.2, 0) is 4.74 Å². The van der Waals surface area contributed by atoms with Crippen molar-refractivity contribution in [3.63, 3.8) is 0 Å². The molecule has 0 unspecified atom stereocenters. The predicted octanol–water partition coefficient (Wildman–Crippen LogP) is 4.80. The van der Waals surface area contributed by atoms with E-state index in [1.807, 2.05) is 12.3 Å². The van der Waals surface area contributed by atoms with E-state index in [1.54, 1.807) is 0 Å². The van der Waals surface area contributed by atoms with E-state index in [2.05, 4.69) is 83.8 Å². The van der Waals surface area contributed by atoms with Gasteiger partial charge in [0.25, 0.3) is 0 Å². The quantitative estimate of drug-likeness (QED) is 0.468. The van der Waals surface area contributed by atoms with Crippen molar-refractivity contribution in [3.8, 4) is 5.69 Å². The molecule has 0 radical (unpaired) electrons. The number of hydrogen-bond donors (Lipinski definition) is 1. The highest BCUT2D eigenvalue weighted by atomic mass is 32.1. The molecule has 0 saturated carbocycles. The van der Waals surface area contributed by atoms with Crippen LogP contribution in [0.4, 0.5) is 0 Å². The Labute approximate surface area is 220 Å². The number of aryl methyl sites for hydroxylation is 2. The first-order valence-corrected chi connectivity index (χ1v) is 13.4. The molecular formula is C29H37N5OS. The van der Waals surface area contributed by atoms with Gasteiger partial charge in [0.2, 0.25) is 0 Å². The number of ether oxygens (including phenoxy) is 1. The van der Waals surface area contributed by atoms with Gasteiger partial charge in [0.15, 0.2) is 5.11 Å². The second kappa shape index (κ2) is 10.7. The van der Waals surface area contributed by atoms with Gasteiger partial charge in [-0.3, -0.25) is 9.88 Å². The van der Waals surface area contributed by atoms with Crippen molar-refractivity contribution in [2.24, 2.45) is 0 Å². The summed E-state index contributed by atoms with van der Waals surface area (Å²) in [6.07, 6.45) is 2.93. The maximum Gasteiger partial charge on any atom is 0.170 e. The largest absolute Gasteiger partial charge is 0.379 e. The molecule has 2 saturated heterocycles. The Morgan fingerprint density at radius 1 is 1.03 bits per heavy atom. The first-order valence-electron chi connectivity index (χ1n) is 13.0. The van der Waals surface area contributed by atoms with E-state index in [-0.39, 0.29) is 12.1 Å². The minimum atomic E-state index is 0.00893. The standard InChI is InChI=1S/C29H37N5OS/c1-20-9-7-11-26(22(20)3)34-21(2)19-24(23(34)4)28-27(25-10-5-6-12-30-25)31-29(36)33(28)14-8-13-32-15-17-35-18-16-32/h5-7,9-12,19,27-28H,8,13-18H2,1-4H3,(H,31,36)/t27-,28+/m0/s1. The third-order valence-electron chi connectivity index (χ3n) is 7.78. The van der Waals surface area contributed by atoms with Crippen LogP contribution in [0.2, 0.25) is 0 Å². The van der Waals surface area contributed by atoms with Crippen molar-refractivity contribution in [3.05, 3.63) is 82.4 Å². The summed E-state index contributed by atoms with van der Waals surface area (Å²) in [5, 5.41) is 4.44. The van der Waals surface area contributed by atoms with E-state index in [9.17, 15) is 0 Å². The zero-order chi connectivity index (χ0) is 25.2. The van der Waals surface area contributed by atoms with Gasteiger partial charge in [-0.05, 0) is 87.3 Å². The molecule has 2 atom stereocenters. The van der Waals surface area contributed by atoms with Crippen molar-refractivity contribution in [1.82, 2.24) is 24.7 Å². The molecule has 7 heteroatoms. The summed E-state index contributed by atoms with van der Waals surface area (Å²) in [5.41, 5.74) is 8.70. The van der Waals surface area contributed by atoms with E-state index >= 15 is 0 Å². The van der Waals surface area contributed by atoms with Crippen LogP contribution in [0, 0.1) is 27.7 Å². The number of nitrogens with zero attached hydrogens (tertiary/aromatic N) is 4. The van der Waals surface area contributed by atoms with Crippen LogP contribution in [0.3, 0.4) is 0 Å². The maximum absolute atomic E-state index is 5.93. The molecular weight excluding hydrogens is 466 g/mol. The Hall–Kier alpha value is -2.74. The number of benzene rings is 1. The average molecular weight is 504 g/mol. The minimum absolute atomic E-state index is 0.00893. The van der Waals surface area contributed by atoms with Crippen molar-refractivity contribution in [2.75, 3.05) is 39.4 Å². The monoisotopic (exact) mass is 503 g/mol. The Morgan fingerprint density at radius 3 is 2.58 bits per heavy atom. The summed E-state index contributed by atoms with van der Waals surface area (Å²) in [7, 11) is 0. The molecule has 1 aromatic carbocycles. The number of hydrogen-bond acceptors (Lipinski definition) is 4. The fourth-order valence-corrected chi connectivity index (χ4v) is 6.04. The van der Waals surface area contributed by atoms with Gasteiger partial charge < -0.3 is 19.5 Å². The normalized spacial score (nSPS) is 20.7. The summed E-state index contributed by atoms with van der Waals surface area (Å²) in [5.74, 6) is 0. The summed E-state index contributed by atoms with van der Waals surface area (Å²) < 4.78 is 7.92. The third kappa shape index (κ3) is 4.80. The summed E-state index contributed by atoms with van der Waals surface area (Å²) in [6, 6.07) is 15.1. The van der Waals surface area contributed by atoms with Gasteiger partial charge in [-0.2, -0.15) is 0 Å². The van der Waals surface area contributed by atoms with E-state index in [1.165, 1.54) is 33.8 Å². The highest BCUT2D eigenvalue weighted by Crippen LogP contribution is 2.41. The smallest absolute Gasteiger partial charge is 0.170 e. The molecule has 2 fully saturated rings. The maximum atomic E-state index is 5.93. The van der Waals surface area contributed by atoms with Crippen molar-refractivity contribution >= 4 is 17.3 Å². The van der Waals surface area contributed by atoms with Gasteiger partial charge >= 0.3 is 0 Å². The second-order valence-corrected chi connectivity index (χ2v) is 10.4. The van der Waals surface area contributed by atoms with Crippen LogP contribution in [0.25, 0.3) is 5.69 Å². The average Bonchev–Trinajstić information content (AvgIpc) is 3.37. The SMILES string of the molecule is Cc1cccc(-n2c(C)cc([C@@H]3[C@H](c4ccccn4)NC(=S)N3CCCN3CCOCC3)c2C)c1C. The van der Waals surface area contributed by atoms with E-state index in [0.29, 0.717) is 0 Å². The zero-order valence-electron chi connectivity index (χ0n) is 21.8. The Balaban J connectivity index is 1.50. The fraction of sp³-hybridized carbons (Fsp3) is 0.448. The summed E-state index contributed by atoms with van der Waals surface area (Å²) in [4.78, 5) is 9.61. The molecule has 0 aliphatic carbocycles. The van der Waals surface area contributed by atoms with Crippen LogP contribution in [0.5, 0.6) is 0 Å². The van der Waals surface area contributed by atoms with Gasteiger partial charge in [-0.15, -0.1) is 0 Å². The lowest BCUT2D eigenvalue weighted by Crippen LogP contribution is -2.39. The van der Waals surface area contributed by atoms with Gasteiger partial charge in [-0.1, -0.05) is 18.2 Å². The Bertz CT molecular complexity index is 1220. The number of pyridine rings is 1. The van der Waals surface area contributed by atoms with E-state index < -0.39 is 0 Å². The van der Waals surface area contributed by atoms with Crippen LogP contribution in [0.15, 0.2) is 48.7 Å². The van der Waals surface area contributed by atoms with Gasteiger partial charge in [0.05, 0.1) is 31.0 Å². The molecule has 2 aliphatic rings. The lowest BCUT2D eigenvalue weighted by atomic mass is 9.96. The van der Waals surface area contributed by atoms with Crippen molar-refractivity contribution in [2.45, 2.75) is 46.2 Å². The molecule has 6 nitrogen and oxygen atoms in total. The number of aromatic nitrogens is 2. The Morgan fingerprint density at radius 2 is 1.83 bits per heavy atom. The first kappa shape index (κ1) is 24.9. The predicted molar refractivity (Wildman–Crippen MR) is 149 cm³/mol. The zero-order valence-corrected chi connectivity index (χ0v) is 22.6. The molecule has 0 spiro atoms. The molecule has 1 N–H and O–H groups in total. The Kier molecular flexibility index (Phi) is 7.42. The lowest BCUT2D eigenvalue weighted by molar-refractivity contribution is 0.0365. The minimum Gasteiger partial charge on any atom is -0.379 e. The van der Waals surface area contributed by atoms with Gasteiger partial charge in [0.1, 0.15) is 0 Å². The summed E-state index contributed by atoms with van der Waals surface area (Å²) in [6.45, 7) is 14.5. The molecule has 2 aromatic heterocycles. The highest BCUT2D eigenvalue weighted by molar-refractivity contribution is 7.80. The molecule has 3 aromatic rings. The molecule has 0 bridgehead atoms. The number of morpholine rings is 1. The highest BCUT2D eigenvalue weighted by Gasteiger charge is 2.41. The number of thiocarbonyl (C=S) groups is 1. The van der Waals surface area contributed by atoms with E-state index in [0.717, 1.165) is 56.6 Å². The van der Waals surface area contributed by atoms with E-state index in [4.69, 9.17) is 21.9 Å². The number of rotatable bonds is 7. The molecule has 4 heterocycles. The van der Waals surface area contributed by atoms with Gasteiger partial charge in [0, 0.05) is 49.5 Å². The number of nitrogens with one attached hydrogen (secondary N) is 1. The lowest BCUT2D eigenvalue weighted by Gasteiger charge is -2.30. The first-order chi connectivity index (χ1) is 17.5. The third-order valence-corrected chi connectivity index (χ3v) is 8.13. The van der Waals surface area contributed by atoms with Crippen LogP contribution >= 0.6 is 12.2 Å². The molecule has 36 heavy (non-hydrogen) atoms. The van der Waals surface area contributed by atoms with Crippen LogP contribution in [0.1, 0.15) is 52.3 Å².